The van der Waals surface area contributed by atoms with Gasteiger partial charge in [0.1, 0.15) is 0 Å². The van der Waals surface area contributed by atoms with E-state index in [-0.39, 0.29) is 12.6 Å². The van der Waals surface area contributed by atoms with E-state index < -0.39 is 0 Å². The summed E-state index contributed by atoms with van der Waals surface area (Å²) in [5, 5.41) is 0. The number of esters is 1. The van der Waals surface area contributed by atoms with E-state index in [4.69, 9.17) is 11.2 Å². The second-order valence-electron chi connectivity index (χ2n) is 2.81. The third-order valence-electron chi connectivity index (χ3n) is 1.77. The molecule has 0 bridgehead atoms. The van der Waals surface area contributed by atoms with E-state index in [9.17, 15) is 4.79 Å². The van der Waals surface area contributed by atoms with Gasteiger partial charge in [-0.3, -0.25) is 0 Å². The van der Waals surface area contributed by atoms with Gasteiger partial charge in [0, 0.05) is 9.79 Å². The highest BCUT2D eigenvalue weighted by molar-refractivity contribution is 9.36. The van der Waals surface area contributed by atoms with E-state index in [0.29, 0.717) is 5.56 Å². The van der Waals surface area contributed by atoms with Gasteiger partial charge in [-0.15, -0.1) is 6.42 Å². The van der Waals surface area contributed by atoms with Crippen molar-refractivity contribution in [1.82, 2.24) is 0 Å². The molecule has 0 unspecified atom stereocenters. The lowest BCUT2D eigenvalue weighted by atomic mass is 10.2. The third-order valence-corrected chi connectivity index (χ3v) is 10.2. The summed E-state index contributed by atoms with van der Waals surface area (Å²) in [6, 6.07) is 5.57. The van der Waals surface area contributed by atoms with Crippen molar-refractivity contribution in [3.05, 3.63) is 23.8 Å². The summed E-state index contributed by atoms with van der Waals surface area (Å²) in [5.74, 6) is 1.91. The molecule has 0 aliphatic carbocycles. The first-order valence-corrected chi connectivity index (χ1v) is 10.6. The van der Waals surface area contributed by atoms with Crippen molar-refractivity contribution in [2.75, 3.05) is 6.61 Å². The lowest BCUT2D eigenvalue weighted by Crippen LogP contribution is -2.05. The van der Waals surface area contributed by atoms with Crippen LogP contribution >= 0.6 is 51.1 Å². The van der Waals surface area contributed by atoms with Gasteiger partial charge >= 0.3 is 5.97 Å². The van der Waals surface area contributed by atoms with Crippen molar-refractivity contribution in [2.45, 2.75) is 9.79 Å². The molecule has 17 heavy (non-hydrogen) atoms. The van der Waals surface area contributed by atoms with Gasteiger partial charge in [-0.1, -0.05) is 5.92 Å². The van der Waals surface area contributed by atoms with Crippen LogP contribution in [0.3, 0.4) is 0 Å². The fourth-order valence-electron chi connectivity index (χ4n) is 1.07. The van der Waals surface area contributed by atoms with Gasteiger partial charge in [-0.2, -0.15) is 0 Å². The van der Waals surface area contributed by atoms with Crippen LogP contribution in [0.15, 0.2) is 28.0 Å². The number of rotatable bonds is 2. The van der Waals surface area contributed by atoms with Crippen LogP contribution in [0, 0.1) is 12.3 Å². The molecule has 7 heteroatoms. The number of hydrogen-bond acceptors (Lipinski definition) is 7. The lowest BCUT2D eigenvalue weighted by molar-refractivity contribution is 0.0556. The molecule has 0 amide bonds. The molecule has 1 aromatic carbocycles. The Labute approximate surface area is 118 Å². The topological polar surface area (TPSA) is 26.3 Å². The van der Waals surface area contributed by atoms with Gasteiger partial charge in [0.2, 0.25) is 0 Å². The smallest absolute Gasteiger partial charge is 0.339 e. The Kier molecular flexibility index (Phi) is 5.38. The van der Waals surface area contributed by atoms with Crippen LogP contribution in [0.5, 0.6) is 0 Å². The number of hydrogen-bond donors (Lipinski definition) is 0. The maximum atomic E-state index is 11.6. The molecule has 0 atom stereocenters. The quantitative estimate of drug-likeness (QED) is 0.449. The summed E-state index contributed by atoms with van der Waals surface area (Å²) in [6.07, 6.45) is 5.04. The van der Waals surface area contributed by atoms with Crippen LogP contribution < -0.4 is 0 Å². The van der Waals surface area contributed by atoms with E-state index >= 15 is 0 Å². The maximum Gasteiger partial charge on any atom is 0.339 e. The van der Waals surface area contributed by atoms with E-state index in [1.54, 1.807) is 57.1 Å². The molecule has 88 valence electrons. The summed E-state index contributed by atoms with van der Waals surface area (Å²) in [4.78, 5) is 13.9. The summed E-state index contributed by atoms with van der Waals surface area (Å²) in [6.45, 7) is 0.0122. The van der Waals surface area contributed by atoms with Crippen molar-refractivity contribution in [1.29, 1.82) is 0 Å². The molecule has 1 heterocycles. The Hall–Kier alpha value is 0.000000000000000555. The summed E-state index contributed by atoms with van der Waals surface area (Å²) < 4.78 is 4.89. The Morgan fingerprint density at radius 2 is 2.00 bits per heavy atom. The first-order chi connectivity index (χ1) is 8.31. The Bertz CT molecular complexity index is 468. The fraction of sp³-hybridized carbons (Fsp3) is 0.100. The zero-order valence-corrected chi connectivity index (χ0v) is 12.5. The molecular formula is C10H6O2S5. The zero-order valence-electron chi connectivity index (χ0n) is 8.37. The van der Waals surface area contributed by atoms with Gasteiger partial charge in [0.05, 0.1) is 5.56 Å². The number of ether oxygens (including phenoxy) is 1. The minimum absolute atomic E-state index is 0.0122. The molecule has 1 aliphatic rings. The zero-order chi connectivity index (χ0) is 12.1. The summed E-state index contributed by atoms with van der Waals surface area (Å²) >= 11 is 0. The number of fused-ring (bicyclic) bond motifs is 1. The SMILES string of the molecule is C#CCOC(=O)c1ccc2c(c1)SSSSS2. The largest absolute Gasteiger partial charge is 0.449 e. The molecule has 1 aliphatic heterocycles. The molecule has 1 aromatic rings. The molecule has 2 nitrogen and oxygen atoms in total. The van der Waals surface area contributed by atoms with Crippen molar-refractivity contribution in [2.24, 2.45) is 0 Å². The molecule has 0 fully saturated rings. The average Bonchev–Trinajstić information content (AvgIpc) is 2.60. The maximum absolute atomic E-state index is 11.6. The molecule has 0 aromatic heterocycles. The second-order valence-corrected chi connectivity index (χ2v) is 10.3. The first kappa shape index (κ1) is 13.4. The molecule has 0 radical (unpaired) electrons. The molecule has 0 saturated carbocycles. The molecule has 0 saturated heterocycles. The van der Waals surface area contributed by atoms with Gasteiger partial charge in [-0.25, -0.2) is 4.79 Å². The fourth-order valence-corrected chi connectivity index (χ4v) is 9.95. The average molecular weight is 318 g/mol. The molecule has 0 N–H and O–H groups in total. The summed E-state index contributed by atoms with van der Waals surface area (Å²) in [5.41, 5.74) is 0.546. The minimum atomic E-state index is -0.370. The van der Waals surface area contributed by atoms with E-state index in [1.165, 1.54) is 4.90 Å². The van der Waals surface area contributed by atoms with Crippen molar-refractivity contribution in [3.8, 4) is 12.3 Å². The minimum Gasteiger partial charge on any atom is -0.449 e. The Balaban J connectivity index is 2.18. The van der Waals surface area contributed by atoms with Gasteiger partial charge in [0.15, 0.2) is 6.61 Å². The number of carbonyl (C=O) groups is 1. The first-order valence-electron chi connectivity index (χ1n) is 4.40. The predicted molar refractivity (Wildman–Crippen MR) is 80.0 cm³/mol. The van der Waals surface area contributed by atoms with Gasteiger partial charge < -0.3 is 4.74 Å². The van der Waals surface area contributed by atoms with Crippen molar-refractivity contribution >= 4 is 57.0 Å². The predicted octanol–water partition coefficient (Wildman–Crippen LogP) is 4.53. The van der Waals surface area contributed by atoms with E-state index in [0.717, 1.165) is 4.90 Å². The monoisotopic (exact) mass is 318 g/mol. The van der Waals surface area contributed by atoms with Crippen molar-refractivity contribution in [3.63, 3.8) is 0 Å². The van der Waals surface area contributed by atoms with Crippen LogP contribution in [-0.2, 0) is 4.74 Å². The van der Waals surface area contributed by atoms with Crippen LogP contribution in [0.1, 0.15) is 10.4 Å². The third kappa shape index (κ3) is 3.73. The normalized spacial score (nSPS) is 14.3. The van der Waals surface area contributed by atoms with E-state index in [2.05, 4.69) is 5.92 Å². The molecule has 0 spiro atoms. The molecular weight excluding hydrogens is 312 g/mol. The molecule has 2 rings (SSSR count). The van der Waals surface area contributed by atoms with Crippen LogP contribution in [0.2, 0.25) is 0 Å². The van der Waals surface area contributed by atoms with Gasteiger partial charge in [-0.05, 0) is 69.3 Å². The Morgan fingerprint density at radius 3 is 2.76 bits per heavy atom. The number of terminal acetylenes is 1. The highest BCUT2D eigenvalue weighted by atomic mass is 33.8. The lowest BCUT2D eigenvalue weighted by Gasteiger charge is -2.05. The highest BCUT2D eigenvalue weighted by Gasteiger charge is 2.14. The van der Waals surface area contributed by atoms with E-state index in [1.807, 2.05) is 12.1 Å². The second kappa shape index (κ2) is 6.81. The highest BCUT2D eigenvalue weighted by Crippen LogP contribution is 2.59. The summed E-state index contributed by atoms with van der Waals surface area (Å²) in [7, 11) is 8.48. The van der Waals surface area contributed by atoms with Gasteiger partial charge in [0.25, 0.3) is 0 Å². The van der Waals surface area contributed by atoms with Crippen LogP contribution in [0.25, 0.3) is 0 Å². The number of carbonyl (C=O) groups excluding carboxylic acids is 1. The standard InChI is InChI=1S/C10H6O2S5/c1-2-5-12-10(11)7-3-4-8-9(6-7)14-16-17-15-13-8/h1,3-4,6H,5H2. The van der Waals surface area contributed by atoms with Crippen molar-refractivity contribution < 1.29 is 9.53 Å². The number of benzene rings is 1. The Morgan fingerprint density at radius 1 is 1.24 bits per heavy atom. The van der Waals surface area contributed by atoms with Crippen LogP contribution in [-0.4, -0.2) is 12.6 Å². The van der Waals surface area contributed by atoms with Crippen LogP contribution in [0.4, 0.5) is 0 Å².